The number of fused-ring (bicyclic) bond motifs is 1. The average molecular weight is 482 g/mol. The molecule has 162 valence electrons. The Morgan fingerprint density at radius 3 is 2.91 bits per heavy atom. The van der Waals surface area contributed by atoms with Crippen LogP contribution in [0.3, 0.4) is 0 Å². The second-order valence-corrected chi connectivity index (χ2v) is 10.1. The SMILES string of the molecule is Cc1ncc2c(c1CNC(=O)c1cncs1)CCN(C(=O)c1csc(-c3cccs3)n1)C2. The van der Waals surface area contributed by atoms with Crippen LogP contribution in [-0.4, -0.2) is 38.2 Å². The molecule has 5 heterocycles. The molecule has 1 aliphatic rings. The number of aromatic nitrogens is 3. The molecule has 32 heavy (non-hydrogen) atoms. The largest absolute Gasteiger partial charge is 0.347 e. The van der Waals surface area contributed by atoms with E-state index >= 15 is 0 Å². The second-order valence-electron chi connectivity index (χ2n) is 7.37. The Labute approximate surface area is 196 Å². The van der Waals surface area contributed by atoms with Crippen molar-refractivity contribution in [3.05, 3.63) is 73.8 Å². The summed E-state index contributed by atoms with van der Waals surface area (Å²) in [5.74, 6) is -0.197. The first-order chi connectivity index (χ1) is 15.6. The van der Waals surface area contributed by atoms with Gasteiger partial charge in [0.1, 0.15) is 15.6 Å². The number of amides is 2. The van der Waals surface area contributed by atoms with Crippen molar-refractivity contribution in [3.63, 3.8) is 0 Å². The van der Waals surface area contributed by atoms with Crippen molar-refractivity contribution in [1.29, 1.82) is 0 Å². The van der Waals surface area contributed by atoms with Crippen LogP contribution < -0.4 is 5.32 Å². The fourth-order valence-corrected chi connectivity index (χ4v) is 5.91. The normalized spacial score (nSPS) is 13.1. The van der Waals surface area contributed by atoms with Gasteiger partial charge in [0.25, 0.3) is 11.8 Å². The van der Waals surface area contributed by atoms with Gasteiger partial charge in [0.05, 0.1) is 16.6 Å². The Morgan fingerprint density at radius 2 is 2.12 bits per heavy atom. The monoisotopic (exact) mass is 481 g/mol. The summed E-state index contributed by atoms with van der Waals surface area (Å²) >= 11 is 4.43. The van der Waals surface area contributed by atoms with Gasteiger partial charge in [0.15, 0.2) is 0 Å². The van der Waals surface area contributed by atoms with Crippen LogP contribution in [0.25, 0.3) is 9.88 Å². The zero-order chi connectivity index (χ0) is 22.1. The number of carbonyl (C=O) groups is 2. The molecule has 0 unspecified atom stereocenters. The molecule has 1 N–H and O–H groups in total. The molecule has 0 spiro atoms. The lowest BCUT2D eigenvalue weighted by Crippen LogP contribution is -2.37. The summed E-state index contributed by atoms with van der Waals surface area (Å²) in [6.45, 7) is 3.45. The van der Waals surface area contributed by atoms with Gasteiger partial charge < -0.3 is 10.2 Å². The first kappa shape index (κ1) is 20.9. The molecule has 0 radical (unpaired) electrons. The van der Waals surface area contributed by atoms with E-state index in [-0.39, 0.29) is 11.8 Å². The lowest BCUT2D eigenvalue weighted by Gasteiger charge is -2.30. The van der Waals surface area contributed by atoms with Crippen LogP contribution in [0.5, 0.6) is 0 Å². The van der Waals surface area contributed by atoms with Gasteiger partial charge in [-0.15, -0.1) is 34.0 Å². The van der Waals surface area contributed by atoms with E-state index in [1.807, 2.05) is 40.9 Å². The van der Waals surface area contributed by atoms with Gasteiger partial charge in [-0.25, -0.2) is 4.98 Å². The first-order valence-electron chi connectivity index (χ1n) is 10.0. The second kappa shape index (κ2) is 8.89. The standard InChI is InChI=1S/C22H19N5O2S3/c1-13-16(8-25-20(28)19-9-23-12-32-19)15-4-5-27(10-14(15)7-24-13)22(29)17-11-31-21(26-17)18-3-2-6-30-18/h2-3,6-7,9,11-12H,4-5,8,10H2,1H3,(H,25,28). The molecule has 7 nitrogen and oxygen atoms in total. The van der Waals surface area contributed by atoms with Crippen molar-refractivity contribution >= 4 is 45.8 Å². The molecule has 0 saturated carbocycles. The van der Waals surface area contributed by atoms with Gasteiger partial charge in [-0.1, -0.05) is 6.07 Å². The predicted octanol–water partition coefficient (Wildman–Crippen LogP) is 4.16. The molecule has 1 aliphatic heterocycles. The van der Waals surface area contributed by atoms with Gasteiger partial charge in [-0.05, 0) is 41.5 Å². The number of rotatable bonds is 5. The number of aryl methyl sites for hydroxylation is 1. The molecule has 2 amide bonds. The number of pyridine rings is 1. The third-order valence-electron chi connectivity index (χ3n) is 5.42. The first-order valence-corrected chi connectivity index (χ1v) is 12.7. The summed E-state index contributed by atoms with van der Waals surface area (Å²) in [4.78, 5) is 41.9. The van der Waals surface area contributed by atoms with Gasteiger partial charge in [0, 0.05) is 36.9 Å². The van der Waals surface area contributed by atoms with Crippen LogP contribution in [0, 0.1) is 6.92 Å². The van der Waals surface area contributed by atoms with E-state index in [0.717, 1.165) is 33.1 Å². The molecule has 4 aromatic heterocycles. The molecule has 0 aliphatic carbocycles. The third kappa shape index (κ3) is 4.08. The molecular formula is C22H19N5O2S3. The zero-order valence-corrected chi connectivity index (χ0v) is 19.6. The zero-order valence-electron chi connectivity index (χ0n) is 17.2. The van der Waals surface area contributed by atoms with E-state index in [2.05, 4.69) is 20.3 Å². The van der Waals surface area contributed by atoms with Gasteiger partial charge in [-0.2, -0.15) is 0 Å². The topological polar surface area (TPSA) is 88.1 Å². The summed E-state index contributed by atoms with van der Waals surface area (Å²) in [6, 6.07) is 3.99. The van der Waals surface area contributed by atoms with Gasteiger partial charge in [0.2, 0.25) is 0 Å². The van der Waals surface area contributed by atoms with Crippen LogP contribution in [0.4, 0.5) is 0 Å². The minimum Gasteiger partial charge on any atom is -0.347 e. The highest BCUT2D eigenvalue weighted by Gasteiger charge is 2.26. The third-order valence-corrected chi connectivity index (χ3v) is 8.07. The van der Waals surface area contributed by atoms with E-state index < -0.39 is 0 Å². The van der Waals surface area contributed by atoms with E-state index in [9.17, 15) is 9.59 Å². The van der Waals surface area contributed by atoms with Crippen LogP contribution in [0.15, 0.2) is 40.8 Å². The Hall–Kier alpha value is -2.95. The van der Waals surface area contributed by atoms with Crippen molar-refractivity contribution in [2.45, 2.75) is 26.4 Å². The predicted molar refractivity (Wildman–Crippen MR) is 126 cm³/mol. The molecule has 0 saturated heterocycles. The summed E-state index contributed by atoms with van der Waals surface area (Å²) in [5, 5.41) is 7.68. The quantitative estimate of drug-likeness (QED) is 0.462. The van der Waals surface area contributed by atoms with Crippen LogP contribution in [0.2, 0.25) is 0 Å². The fourth-order valence-electron chi connectivity index (χ4n) is 3.76. The number of hydrogen-bond donors (Lipinski definition) is 1. The lowest BCUT2D eigenvalue weighted by molar-refractivity contribution is 0.0729. The smallest absolute Gasteiger partial charge is 0.273 e. The molecule has 4 aromatic rings. The maximum atomic E-state index is 13.1. The fraction of sp³-hybridized carbons (Fsp3) is 0.227. The van der Waals surface area contributed by atoms with Crippen molar-refractivity contribution in [1.82, 2.24) is 25.2 Å². The Balaban J connectivity index is 1.31. The molecule has 10 heteroatoms. The van der Waals surface area contributed by atoms with Crippen molar-refractivity contribution < 1.29 is 9.59 Å². The minimum atomic E-state index is -0.137. The molecule has 5 rings (SSSR count). The molecule has 0 aromatic carbocycles. The molecule has 0 fully saturated rings. The Morgan fingerprint density at radius 1 is 1.22 bits per heavy atom. The van der Waals surface area contributed by atoms with Crippen LogP contribution in [0.1, 0.15) is 42.5 Å². The van der Waals surface area contributed by atoms with Crippen molar-refractivity contribution in [2.24, 2.45) is 0 Å². The highest BCUT2D eigenvalue weighted by molar-refractivity contribution is 7.20. The summed E-state index contributed by atoms with van der Waals surface area (Å²) in [5.41, 5.74) is 6.24. The number of nitrogens with zero attached hydrogens (tertiary/aromatic N) is 4. The van der Waals surface area contributed by atoms with E-state index in [1.165, 1.54) is 28.2 Å². The highest BCUT2D eigenvalue weighted by Crippen LogP contribution is 2.29. The maximum absolute atomic E-state index is 13.1. The number of thiazole rings is 2. The van der Waals surface area contributed by atoms with Crippen LogP contribution in [-0.2, 0) is 19.5 Å². The minimum absolute atomic E-state index is 0.0599. The summed E-state index contributed by atoms with van der Waals surface area (Å²) in [6.07, 6.45) is 4.13. The Kier molecular flexibility index (Phi) is 5.81. The molecule has 0 atom stereocenters. The number of thiophene rings is 1. The van der Waals surface area contributed by atoms with Gasteiger partial charge in [-0.3, -0.25) is 19.6 Å². The number of nitrogens with one attached hydrogen (secondary N) is 1. The van der Waals surface area contributed by atoms with Crippen LogP contribution >= 0.6 is 34.0 Å². The maximum Gasteiger partial charge on any atom is 0.273 e. The molecule has 0 bridgehead atoms. The highest BCUT2D eigenvalue weighted by atomic mass is 32.1. The van der Waals surface area contributed by atoms with Crippen molar-refractivity contribution in [3.8, 4) is 9.88 Å². The van der Waals surface area contributed by atoms with E-state index in [4.69, 9.17) is 0 Å². The van der Waals surface area contributed by atoms with E-state index in [0.29, 0.717) is 30.2 Å². The van der Waals surface area contributed by atoms with Crippen molar-refractivity contribution in [2.75, 3.05) is 6.54 Å². The summed E-state index contributed by atoms with van der Waals surface area (Å²) in [7, 11) is 0. The molecular weight excluding hydrogens is 462 g/mol. The number of carbonyl (C=O) groups excluding carboxylic acids is 2. The lowest BCUT2D eigenvalue weighted by atomic mass is 9.94. The Bertz CT molecular complexity index is 1260. The van der Waals surface area contributed by atoms with Gasteiger partial charge >= 0.3 is 0 Å². The summed E-state index contributed by atoms with van der Waals surface area (Å²) < 4.78 is 0. The number of hydrogen-bond acceptors (Lipinski definition) is 8. The average Bonchev–Trinajstić information content (AvgIpc) is 3.59. The van der Waals surface area contributed by atoms with E-state index in [1.54, 1.807) is 23.0 Å².